The Morgan fingerprint density at radius 2 is 1.96 bits per heavy atom. The summed E-state index contributed by atoms with van der Waals surface area (Å²) >= 11 is 0. The first-order chi connectivity index (χ1) is 11.7. The lowest BCUT2D eigenvalue weighted by Gasteiger charge is -2.29. The van der Waals surface area contributed by atoms with Gasteiger partial charge < -0.3 is 4.74 Å². The van der Waals surface area contributed by atoms with Crippen LogP contribution >= 0.6 is 0 Å². The second-order valence-corrected chi connectivity index (χ2v) is 6.88. The third-order valence-electron chi connectivity index (χ3n) is 4.61. The van der Waals surface area contributed by atoms with Crippen molar-refractivity contribution in [3.8, 4) is 5.75 Å². The fraction of sp³-hybridized carbons (Fsp3) is 0.444. The van der Waals surface area contributed by atoms with Crippen LogP contribution < -0.4 is 4.74 Å². The number of aromatic amines is 1. The van der Waals surface area contributed by atoms with Gasteiger partial charge in [-0.15, -0.1) is 0 Å². The molecule has 134 valence electrons. The van der Waals surface area contributed by atoms with Crippen LogP contribution in [0.4, 0.5) is 13.2 Å². The van der Waals surface area contributed by atoms with Crippen molar-refractivity contribution in [1.82, 2.24) is 10.2 Å². The van der Waals surface area contributed by atoms with Crippen LogP contribution in [0, 0.1) is 0 Å². The van der Waals surface area contributed by atoms with Gasteiger partial charge in [0.15, 0.2) is 5.78 Å². The van der Waals surface area contributed by atoms with Crippen LogP contribution in [0.5, 0.6) is 5.75 Å². The minimum atomic E-state index is -4.57. The molecule has 4 nitrogen and oxygen atoms in total. The molecule has 0 aliphatic heterocycles. The Morgan fingerprint density at radius 1 is 1.28 bits per heavy atom. The van der Waals surface area contributed by atoms with Gasteiger partial charge in [0.05, 0.1) is 17.0 Å². The summed E-state index contributed by atoms with van der Waals surface area (Å²) < 4.78 is 46.2. The lowest BCUT2D eigenvalue weighted by atomic mass is 9.75. The number of Topliss-reactive ketones (excluding diaryl/α,β-unsaturated/α-hetero) is 1. The van der Waals surface area contributed by atoms with Crippen LogP contribution in [-0.4, -0.2) is 28.8 Å². The monoisotopic (exact) mass is 352 g/mol. The van der Waals surface area contributed by atoms with Crippen molar-refractivity contribution in [3.63, 3.8) is 0 Å². The first-order valence-corrected chi connectivity index (χ1v) is 8.06. The number of ether oxygens (including phenoxy) is 1. The topological polar surface area (TPSA) is 55.0 Å². The fourth-order valence-corrected chi connectivity index (χ4v) is 3.08. The number of hydrogen-bond acceptors (Lipinski definition) is 3. The van der Waals surface area contributed by atoms with Crippen molar-refractivity contribution >= 4 is 5.78 Å². The highest BCUT2D eigenvalue weighted by Crippen LogP contribution is 2.42. The number of rotatable bonds is 4. The predicted octanol–water partition coefficient (Wildman–Crippen LogP) is 4.39. The SMILES string of the molecule is CC1(C)CCC(=O)c2c(C(COc3ccccc3)C(F)(F)F)n[nH]c21. The highest BCUT2D eigenvalue weighted by atomic mass is 19.4. The minimum Gasteiger partial charge on any atom is -0.493 e. The Hall–Kier alpha value is -2.31. The van der Waals surface area contributed by atoms with E-state index in [1.165, 1.54) is 0 Å². The maximum Gasteiger partial charge on any atom is 0.400 e. The molecule has 0 amide bonds. The van der Waals surface area contributed by atoms with Crippen LogP contribution in [0.1, 0.15) is 54.4 Å². The molecule has 0 fully saturated rings. The highest BCUT2D eigenvalue weighted by molar-refractivity contribution is 6.00. The maximum absolute atomic E-state index is 13.6. The van der Waals surface area contributed by atoms with Gasteiger partial charge in [-0.1, -0.05) is 32.0 Å². The zero-order chi connectivity index (χ0) is 18.2. The molecule has 25 heavy (non-hydrogen) atoms. The number of ketones is 1. The number of hydrogen-bond donors (Lipinski definition) is 1. The Balaban J connectivity index is 1.95. The summed E-state index contributed by atoms with van der Waals surface area (Å²) in [6.45, 7) is 3.16. The molecule has 1 atom stereocenters. The second kappa shape index (κ2) is 6.20. The van der Waals surface area contributed by atoms with Gasteiger partial charge in [0.1, 0.15) is 18.3 Å². The van der Waals surface area contributed by atoms with Crippen LogP contribution in [0.25, 0.3) is 0 Å². The second-order valence-electron chi connectivity index (χ2n) is 6.88. The Morgan fingerprint density at radius 3 is 2.60 bits per heavy atom. The fourth-order valence-electron chi connectivity index (χ4n) is 3.08. The van der Waals surface area contributed by atoms with Crippen molar-refractivity contribution in [2.75, 3.05) is 6.61 Å². The Kier molecular flexibility index (Phi) is 4.34. The molecule has 2 aromatic rings. The predicted molar refractivity (Wildman–Crippen MR) is 85.9 cm³/mol. The van der Waals surface area contributed by atoms with E-state index in [0.29, 0.717) is 17.9 Å². The molecule has 0 saturated heterocycles. The smallest absolute Gasteiger partial charge is 0.400 e. The number of carbonyl (C=O) groups excluding carboxylic acids is 1. The van der Waals surface area contributed by atoms with E-state index in [9.17, 15) is 18.0 Å². The van der Waals surface area contributed by atoms with E-state index in [4.69, 9.17) is 4.74 Å². The van der Waals surface area contributed by atoms with E-state index < -0.39 is 24.1 Å². The van der Waals surface area contributed by atoms with E-state index in [0.717, 1.165) is 0 Å². The van der Waals surface area contributed by atoms with Gasteiger partial charge in [-0.25, -0.2) is 0 Å². The standard InChI is InChI=1S/C18H19F3N2O2/c1-17(2)9-8-13(24)14-15(22-23-16(14)17)12(18(19,20)21)10-25-11-6-4-3-5-7-11/h3-7,12H,8-10H2,1-2H3,(H,22,23). The molecule has 0 radical (unpaired) electrons. The first-order valence-electron chi connectivity index (χ1n) is 8.06. The van der Waals surface area contributed by atoms with E-state index in [2.05, 4.69) is 10.2 Å². The van der Waals surface area contributed by atoms with Crippen LogP contribution in [0.2, 0.25) is 0 Å². The van der Waals surface area contributed by atoms with Crippen LogP contribution in [-0.2, 0) is 5.41 Å². The number of halogens is 3. The molecule has 7 heteroatoms. The van der Waals surface area contributed by atoms with Crippen molar-refractivity contribution in [1.29, 1.82) is 0 Å². The number of nitrogens with zero attached hydrogens (tertiary/aromatic N) is 1. The summed E-state index contributed by atoms with van der Waals surface area (Å²) in [5.41, 5.74) is -0.121. The number of benzene rings is 1. The quantitative estimate of drug-likeness (QED) is 0.888. The van der Waals surface area contributed by atoms with Gasteiger partial charge in [0, 0.05) is 11.8 Å². The lowest BCUT2D eigenvalue weighted by molar-refractivity contribution is -0.157. The van der Waals surface area contributed by atoms with Gasteiger partial charge in [0.25, 0.3) is 0 Å². The first kappa shape index (κ1) is 17.5. The van der Waals surface area contributed by atoms with Crippen molar-refractivity contribution < 1.29 is 22.7 Å². The summed E-state index contributed by atoms with van der Waals surface area (Å²) in [6.07, 6.45) is -3.77. The van der Waals surface area contributed by atoms with Gasteiger partial charge >= 0.3 is 6.18 Å². The number of carbonyl (C=O) groups is 1. The van der Waals surface area contributed by atoms with Crippen molar-refractivity contribution in [2.45, 2.75) is 44.2 Å². The van der Waals surface area contributed by atoms with Gasteiger partial charge in [-0.2, -0.15) is 18.3 Å². The molecule has 3 rings (SSSR count). The molecule has 1 aromatic carbocycles. The van der Waals surface area contributed by atoms with Crippen molar-refractivity contribution in [2.24, 2.45) is 0 Å². The third-order valence-corrected chi connectivity index (χ3v) is 4.61. The van der Waals surface area contributed by atoms with E-state index in [-0.39, 0.29) is 23.5 Å². The van der Waals surface area contributed by atoms with E-state index in [1.807, 2.05) is 13.8 Å². The molecule has 1 aromatic heterocycles. The van der Waals surface area contributed by atoms with E-state index in [1.54, 1.807) is 30.3 Å². The van der Waals surface area contributed by atoms with Gasteiger partial charge in [-0.05, 0) is 18.6 Å². The van der Waals surface area contributed by atoms with Gasteiger partial charge in [0.2, 0.25) is 0 Å². The number of fused-ring (bicyclic) bond motifs is 1. The van der Waals surface area contributed by atoms with Crippen molar-refractivity contribution in [3.05, 3.63) is 47.3 Å². The molecule has 1 heterocycles. The normalized spacial score (nSPS) is 17.9. The summed E-state index contributed by atoms with van der Waals surface area (Å²) in [6, 6.07) is 8.28. The molecule has 1 unspecified atom stereocenters. The molecule has 0 bridgehead atoms. The molecular weight excluding hydrogens is 333 g/mol. The highest BCUT2D eigenvalue weighted by Gasteiger charge is 2.47. The van der Waals surface area contributed by atoms with Crippen LogP contribution in [0.15, 0.2) is 30.3 Å². The largest absolute Gasteiger partial charge is 0.493 e. The summed E-state index contributed by atoms with van der Waals surface area (Å²) in [5.74, 6) is -1.93. The van der Waals surface area contributed by atoms with Gasteiger partial charge in [-0.3, -0.25) is 9.89 Å². The molecule has 1 aliphatic rings. The number of aromatic nitrogens is 2. The number of para-hydroxylation sites is 1. The zero-order valence-electron chi connectivity index (χ0n) is 14.0. The lowest BCUT2D eigenvalue weighted by Crippen LogP contribution is -2.31. The molecule has 1 aliphatic carbocycles. The average molecular weight is 352 g/mol. The maximum atomic E-state index is 13.6. The Labute approximate surface area is 143 Å². The minimum absolute atomic E-state index is 0.0789. The zero-order valence-corrected chi connectivity index (χ0v) is 14.0. The number of H-pyrrole nitrogens is 1. The molecule has 1 N–H and O–H groups in total. The number of alkyl halides is 3. The summed E-state index contributed by atoms with van der Waals surface area (Å²) in [7, 11) is 0. The molecule has 0 saturated carbocycles. The van der Waals surface area contributed by atoms with E-state index >= 15 is 0 Å². The average Bonchev–Trinajstić information content (AvgIpc) is 2.98. The summed E-state index contributed by atoms with van der Waals surface area (Å²) in [4.78, 5) is 12.3. The number of nitrogens with one attached hydrogen (secondary N) is 1. The summed E-state index contributed by atoms with van der Waals surface area (Å²) in [5, 5.41) is 6.55. The third kappa shape index (κ3) is 3.41. The Bertz CT molecular complexity index is 766. The molecule has 0 spiro atoms. The van der Waals surface area contributed by atoms with Crippen LogP contribution in [0.3, 0.4) is 0 Å². The molecular formula is C18H19F3N2O2.